The number of pyridine rings is 1. The molecule has 1 atom stereocenters. The Morgan fingerprint density at radius 1 is 1.15 bits per heavy atom. The zero-order chi connectivity index (χ0) is 18.5. The van der Waals surface area contributed by atoms with Crippen LogP contribution in [0.5, 0.6) is 0 Å². The van der Waals surface area contributed by atoms with Crippen molar-refractivity contribution >= 4 is 17.7 Å². The van der Waals surface area contributed by atoms with E-state index in [0.717, 1.165) is 5.56 Å². The summed E-state index contributed by atoms with van der Waals surface area (Å²) in [4.78, 5) is 18.3. The van der Waals surface area contributed by atoms with E-state index < -0.39 is 11.9 Å². The summed E-state index contributed by atoms with van der Waals surface area (Å²) >= 11 is 0.288. The molecule has 7 heteroatoms. The Bertz CT molecular complexity index is 737. The molecule has 0 saturated carbocycles. The lowest BCUT2D eigenvalue weighted by Crippen LogP contribution is -2.40. The molecule has 1 fully saturated rings. The highest BCUT2D eigenvalue weighted by Crippen LogP contribution is 2.32. The van der Waals surface area contributed by atoms with Crippen LogP contribution in [-0.4, -0.2) is 39.7 Å². The highest BCUT2D eigenvalue weighted by atomic mass is 32.2. The van der Waals surface area contributed by atoms with Crippen LogP contribution in [0.3, 0.4) is 0 Å². The third kappa shape index (κ3) is 4.40. The molecule has 0 bridgehead atoms. The maximum absolute atomic E-state index is 12.7. The van der Waals surface area contributed by atoms with Crippen molar-refractivity contribution in [2.45, 2.75) is 29.7 Å². The fraction of sp³-hybridized carbons (Fsp3) is 0.368. The molecule has 2 aromatic rings. The Kier molecular flexibility index (Phi) is 6.21. The van der Waals surface area contributed by atoms with Crippen molar-refractivity contribution < 1.29 is 18.7 Å². The summed E-state index contributed by atoms with van der Waals surface area (Å²) < 4.78 is 25.4. The molecule has 2 heterocycles. The van der Waals surface area contributed by atoms with Gasteiger partial charge in [-0.3, -0.25) is 4.79 Å². The zero-order valence-corrected chi connectivity index (χ0v) is 14.9. The predicted molar refractivity (Wildman–Crippen MR) is 96.1 cm³/mol. The van der Waals surface area contributed by atoms with Gasteiger partial charge in [-0.2, -0.15) is 8.78 Å². The minimum Gasteiger partial charge on any atom is -0.388 e. The smallest absolute Gasteiger partial charge is 0.290 e. The highest BCUT2D eigenvalue weighted by Gasteiger charge is 2.30. The second-order valence-corrected chi connectivity index (χ2v) is 7.20. The third-order valence-electron chi connectivity index (χ3n) is 4.62. The van der Waals surface area contributed by atoms with Crippen molar-refractivity contribution in [2.24, 2.45) is 5.92 Å². The summed E-state index contributed by atoms with van der Waals surface area (Å²) in [6, 6.07) is 12.6. The average Bonchev–Trinajstić information content (AvgIpc) is 2.68. The maximum atomic E-state index is 12.7. The number of aliphatic hydroxyl groups excluding tert-OH is 1. The van der Waals surface area contributed by atoms with E-state index in [0.29, 0.717) is 25.9 Å². The number of alkyl halides is 2. The molecule has 0 aliphatic carbocycles. The Balaban J connectivity index is 1.64. The quantitative estimate of drug-likeness (QED) is 0.800. The van der Waals surface area contributed by atoms with Crippen molar-refractivity contribution in [2.75, 3.05) is 13.1 Å². The molecule has 1 unspecified atom stereocenters. The van der Waals surface area contributed by atoms with Crippen molar-refractivity contribution in [3.8, 4) is 0 Å². The standard InChI is InChI=1S/C19H20F2N2O2S/c20-19(21)26-17-15(7-4-10-22-17)18(25)23-11-8-14(9-12-23)16(24)13-5-2-1-3-6-13/h1-7,10,14,16,19,24H,8-9,11-12H2. The van der Waals surface area contributed by atoms with Crippen molar-refractivity contribution in [3.63, 3.8) is 0 Å². The molecule has 1 aromatic carbocycles. The van der Waals surface area contributed by atoms with E-state index in [9.17, 15) is 18.7 Å². The average molecular weight is 378 g/mol. The molecule has 0 spiro atoms. The van der Waals surface area contributed by atoms with Crippen LogP contribution in [0.2, 0.25) is 0 Å². The van der Waals surface area contributed by atoms with E-state index in [4.69, 9.17) is 0 Å². The van der Waals surface area contributed by atoms with Crippen LogP contribution in [0.1, 0.15) is 34.9 Å². The topological polar surface area (TPSA) is 53.4 Å². The van der Waals surface area contributed by atoms with E-state index in [-0.39, 0.29) is 34.2 Å². The van der Waals surface area contributed by atoms with Crippen LogP contribution in [-0.2, 0) is 0 Å². The Labute approximate surface area is 155 Å². The van der Waals surface area contributed by atoms with Gasteiger partial charge in [-0.15, -0.1) is 0 Å². The fourth-order valence-corrected chi connectivity index (χ4v) is 3.82. The number of thioether (sulfide) groups is 1. The number of piperidine rings is 1. The summed E-state index contributed by atoms with van der Waals surface area (Å²) in [7, 11) is 0. The number of aliphatic hydroxyl groups is 1. The molecule has 1 saturated heterocycles. The van der Waals surface area contributed by atoms with E-state index in [1.54, 1.807) is 11.0 Å². The van der Waals surface area contributed by atoms with Crippen LogP contribution in [0.25, 0.3) is 0 Å². The van der Waals surface area contributed by atoms with Gasteiger partial charge in [0, 0.05) is 19.3 Å². The first-order valence-corrected chi connectivity index (χ1v) is 9.36. The SMILES string of the molecule is O=C(c1cccnc1SC(F)F)N1CCC(C(O)c2ccccc2)CC1. The zero-order valence-electron chi connectivity index (χ0n) is 14.1. The third-order valence-corrected chi connectivity index (χ3v) is 5.34. The molecular weight excluding hydrogens is 358 g/mol. The van der Waals surface area contributed by atoms with Gasteiger partial charge < -0.3 is 10.0 Å². The molecule has 4 nitrogen and oxygen atoms in total. The first kappa shape index (κ1) is 18.8. The van der Waals surface area contributed by atoms with Gasteiger partial charge in [0.05, 0.1) is 11.7 Å². The lowest BCUT2D eigenvalue weighted by molar-refractivity contribution is 0.0459. The van der Waals surface area contributed by atoms with Gasteiger partial charge in [0.2, 0.25) is 0 Å². The van der Waals surface area contributed by atoms with E-state index in [2.05, 4.69) is 4.98 Å². The van der Waals surface area contributed by atoms with E-state index in [1.807, 2.05) is 30.3 Å². The number of benzene rings is 1. The van der Waals surface area contributed by atoms with Crippen molar-refractivity contribution in [1.82, 2.24) is 9.88 Å². The largest absolute Gasteiger partial charge is 0.388 e. The Hall–Kier alpha value is -1.99. The van der Waals surface area contributed by atoms with E-state index in [1.165, 1.54) is 12.3 Å². The monoisotopic (exact) mass is 378 g/mol. The minimum atomic E-state index is -2.62. The number of nitrogens with zero attached hydrogens (tertiary/aromatic N) is 2. The second-order valence-electron chi connectivity index (χ2n) is 6.22. The number of carbonyl (C=O) groups excluding carboxylic acids is 1. The number of carbonyl (C=O) groups is 1. The summed E-state index contributed by atoms with van der Waals surface area (Å²) in [5.41, 5.74) is 1.08. The molecule has 1 N–H and O–H groups in total. The fourth-order valence-electron chi connectivity index (χ4n) is 3.24. The normalized spacial score (nSPS) is 16.7. The number of rotatable bonds is 5. The molecule has 138 valence electrons. The van der Waals surface area contributed by atoms with Gasteiger partial charge in [0.1, 0.15) is 5.03 Å². The molecular formula is C19H20F2N2O2S. The van der Waals surface area contributed by atoms with Crippen LogP contribution >= 0.6 is 11.8 Å². The van der Waals surface area contributed by atoms with Crippen molar-refractivity contribution in [3.05, 3.63) is 59.8 Å². The molecule has 0 radical (unpaired) electrons. The second kappa shape index (κ2) is 8.60. The summed E-state index contributed by atoms with van der Waals surface area (Å²) in [5.74, 6) is -2.83. The lowest BCUT2D eigenvalue weighted by Gasteiger charge is -2.34. The van der Waals surface area contributed by atoms with Gasteiger partial charge in [-0.05, 0) is 48.2 Å². The molecule has 3 rings (SSSR count). The number of aromatic nitrogens is 1. The van der Waals surface area contributed by atoms with Gasteiger partial charge in [-0.1, -0.05) is 30.3 Å². The predicted octanol–water partition coefficient (Wildman–Crippen LogP) is 3.98. The summed E-state index contributed by atoms with van der Waals surface area (Å²) in [6.07, 6.45) is 2.18. The van der Waals surface area contributed by atoms with Crippen LogP contribution in [0, 0.1) is 5.92 Å². The molecule has 1 aliphatic rings. The maximum Gasteiger partial charge on any atom is 0.290 e. The van der Waals surface area contributed by atoms with Crippen LogP contribution in [0.15, 0.2) is 53.7 Å². The number of hydrogen-bond donors (Lipinski definition) is 1. The van der Waals surface area contributed by atoms with Gasteiger partial charge in [0.25, 0.3) is 11.7 Å². The lowest BCUT2D eigenvalue weighted by atomic mass is 9.87. The molecule has 1 aliphatic heterocycles. The molecule has 1 aromatic heterocycles. The number of hydrogen-bond acceptors (Lipinski definition) is 4. The number of halogens is 2. The van der Waals surface area contributed by atoms with Crippen LogP contribution in [0.4, 0.5) is 8.78 Å². The summed E-state index contributed by atoms with van der Waals surface area (Å²) in [6.45, 7) is 0.974. The Morgan fingerprint density at radius 3 is 2.50 bits per heavy atom. The van der Waals surface area contributed by atoms with Gasteiger partial charge in [0.15, 0.2) is 0 Å². The van der Waals surface area contributed by atoms with Crippen LogP contribution < -0.4 is 0 Å². The van der Waals surface area contributed by atoms with E-state index >= 15 is 0 Å². The number of likely N-dealkylation sites (tertiary alicyclic amines) is 1. The molecule has 1 amide bonds. The first-order valence-electron chi connectivity index (χ1n) is 8.48. The molecule has 26 heavy (non-hydrogen) atoms. The first-order chi connectivity index (χ1) is 12.6. The number of amides is 1. The van der Waals surface area contributed by atoms with Gasteiger partial charge >= 0.3 is 0 Å². The van der Waals surface area contributed by atoms with Crippen molar-refractivity contribution in [1.29, 1.82) is 0 Å². The Morgan fingerprint density at radius 2 is 1.85 bits per heavy atom. The highest BCUT2D eigenvalue weighted by molar-refractivity contribution is 7.99. The minimum absolute atomic E-state index is 0.0546. The van der Waals surface area contributed by atoms with Gasteiger partial charge in [-0.25, -0.2) is 4.98 Å². The summed E-state index contributed by atoms with van der Waals surface area (Å²) in [5, 5.41) is 10.6.